The second-order valence-corrected chi connectivity index (χ2v) is 6.31. The van der Waals surface area contributed by atoms with Crippen LogP contribution in [0.5, 0.6) is 5.75 Å². The zero-order chi connectivity index (χ0) is 18.2. The number of halogens is 1. The summed E-state index contributed by atoms with van der Waals surface area (Å²) in [6.07, 6.45) is -0.00225. The number of rotatable bonds is 9. The maximum Gasteiger partial charge on any atom is 0.341 e. The molecule has 2 rings (SSSR count). The molecule has 0 aliphatic rings. The van der Waals surface area contributed by atoms with Crippen molar-refractivity contribution in [1.82, 2.24) is 5.32 Å². The molecule has 2 aromatic carbocycles. The highest BCUT2D eigenvalue weighted by Gasteiger charge is 2.12. The van der Waals surface area contributed by atoms with E-state index in [9.17, 15) is 9.90 Å². The van der Waals surface area contributed by atoms with Gasteiger partial charge < -0.3 is 20.3 Å². The Bertz CT molecular complexity index is 707. The van der Waals surface area contributed by atoms with Crippen molar-refractivity contribution in [2.24, 2.45) is 0 Å². The van der Waals surface area contributed by atoms with Crippen LogP contribution < -0.4 is 10.1 Å². The van der Waals surface area contributed by atoms with Crippen molar-refractivity contribution in [3.63, 3.8) is 0 Å². The average molecular weight is 364 g/mol. The first-order valence-corrected chi connectivity index (χ1v) is 8.43. The summed E-state index contributed by atoms with van der Waals surface area (Å²) in [5.74, 6) is -0.445. The van der Waals surface area contributed by atoms with Crippen molar-refractivity contribution in [1.29, 1.82) is 0 Å². The first-order valence-electron chi connectivity index (χ1n) is 8.05. The summed E-state index contributed by atoms with van der Waals surface area (Å²) >= 11 is 5.94. The Morgan fingerprint density at radius 1 is 1.24 bits per heavy atom. The summed E-state index contributed by atoms with van der Waals surface area (Å²) in [6, 6.07) is 14.6. The minimum Gasteiger partial charge on any atom is -0.482 e. The third-order valence-electron chi connectivity index (χ3n) is 3.74. The molecule has 2 aromatic rings. The Morgan fingerprint density at radius 3 is 2.72 bits per heavy atom. The van der Waals surface area contributed by atoms with Crippen molar-refractivity contribution in [3.8, 4) is 5.75 Å². The Balaban J connectivity index is 1.90. The molecule has 2 atom stereocenters. The van der Waals surface area contributed by atoms with Crippen molar-refractivity contribution in [3.05, 3.63) is 64.7 Å². The van der Waals surface area contributed by atoms with Crippen LogP contribution in [0.2, 0.25) is 5.02 Å². The van der Waals surface area contributed by atoms with Crippen molar-refractivity contribution >= 4 is 17.6 Å². The van der Waals surface area contributed by atoms with E-state index in [0.29, 0.717) is 23.7 Å². The van der Waals surface area contributed by atoms with Crippen LogP contribution in [0, 0.1) is 0 Å². The third-order valence-corrected chi connectivity index (χ3v) is 3.98. The van der Waals surface area contributed by atoms with E-state index < -0.39 is 12.1 Å². The maximum atomic E-state index is 10.7. The molecule has 0 radical (unpaired) electrons. The number of hydrogen-bond donors (Lipinski definition) is 3. The predicted octanol–water partition coefficient (Wildman–Crippen LogP) is 3.06. The molecular weight excluding hydrogens is 342 g/mol. The minimum atomic E-state index is -1.01. The summed E-state index contributed by atoms with van der Waals surface area (Å²) in [6.45, 7) is 2.02. The van der Waals surface area contributed by atoms with Gasteiger partial charge in [-0.2, -0.15) is 0 Å². The van der Waals surface area contributed by atoms with Gasteiger partial charge in [0.25, 0.3) is 0 Å². The molecule has 0 fully saturated rings. The number of benzene rings is 2. The lowest BCUT2D eigenvalue weighted by Crippen LogP contribution is -2.32. The fourth-order valence-corrected chi connectivity index (χ4v) is 2.70. The summed E-state index contributed by atoms with van der Waals surface area (Å²) < 4.78 is 5.32. The molecule has 0 saturated heterocycles. The molecule has 0 aliphatic carbocycles. The lowest BCUT2D eigenvalue weighted by molar-refractivity contribution is -0.139. The molecule has 134 valence electrons. The van der Waals surface area contributed by atoms with Crippen LogP contribution in [0.1, 0.15) is 24.2 Å². The van der Waals surface area contributed by atoms with Gasteiger partial charge in [0.15, 0.2) is 6.61 Å². The van der Waals surface area contributed by atoms with Gasteiger partial charge in [-0.3, -0.25) is 0 Å². The van der Waals surface area contributed by atoms with Gasteiger partial charge in [0.1, 0.15) is 5.75 Å². The number of aliphatic hydroxyl groups is 1. The number of nitrogens with one attached hydrogen (secondary N) is 1. The molecule has 0 aromatic heterocycles. The Labute approximate surface area is 152 Å². The maximum absolute atomic E-state index is 10.7. The Morgan fingerprint density at radius 2 is 2.00 bits per heavy atom. The number of ether oxygens (including phenoxy) is 1. The van der Waals surface area contributed by atoms with E-state index >= 15 is 0 Å². The lowest BCUT2D eigenvalue weighted by atomic mass is 10.0. The number of aliphatic hydroxyl groups excluding tert-OH is 1. The van der Waals surface area contributed by atoms with Gasteiger partial charge in [-0.1, -0.05) is 41.9 Å². The first-order chi connectivity index (χ1) is 12.0. The molecule has 25 heavy (non-hydrogen) atoms. The smallest absolute Gasteiger partial charge is 0.341 e. The number of carboxylic acid groups (broad SMARTS) is 1. The SMILES string of the molecule is C[C@@H](Cc1ccccc1OCC(=O)O)NC[C@@H](O)c1cccc(Cl)c1. The van der Waals surface area contributed by atoms with Gasteiger partial charge in [0.2, 0.25) is 0 Å². The van der Waals surface area contributed by atoms with Gasteiger partial charge in [0.05, 0.1) is 6.10 Å². The zero-order valence-corrected chi connectivity index (χ0v) is 14.7. The van der Waals surface area contributed by atoms with Crippen LogP contribution in [-0.2, 0) is 11.2 Å². The van der Waals surface area contributed by atoms with E-state index in [1.807, 2.05) is 31.2 Å². The Kier molecular flexibility index (Phi) is 7.25. The van der Waals surface area contributed by atoms with Crippen molar-refractivity contribution in [2.45, 2.75) is 25.5 Å². The van der Waals surface area contributed by atoms with E-state index in [1.165, 1.54) is 0 Å². The van der Waals surface area contributed by atoms with Gasteiger partial charge in [-0.05, 0) is 42.7 Å². The molecule has 0 spiro atoms. The highest BCUT2D eigenvalue weighted by Crippen LogP contribution is 2.20. The summed E-state index contributed by atoms with van der Waals surface area (Å²) in [7, 11) is 0. The van der Waals surface area contributed by atoms with Crippen LogP contribution >= 0.6 is 11.6 Å². The van der Waals surface area contributed by atoms with Gasteiger partial charge in [0, 0.05) is 17.6 Å². The van der Waals surface area contributed by atoms with E-state index in [0.717, 1.165) is 11.1 Å². The average Bonchev–Trinajstić information content (AvgIpc) is 2.59. The second-order valence-electron chi connectivity index (χ2n) is 5.87. The summed E-state index contributed by atoms with van der Waals surface area (Å²) in [4.78, 5) is 10.7. The summed E-state index contributed by atoms with van der Waals surface area (Å²) in [5, 5.41) is 22.9. The topological polar surface area (TPSA) is 78.8 Å². The molecular formula is C19H22ClNO4. The molecule has 3 N–H and O–H groups in total. The van der Waals surface area contributed by atoms with Crippen LogP contribution in [0.3, 0.4) is 0 Å². The quantitative estimate of drug-likeness (QED) is 0.638. The van der Waals surface area contributed by atoms with Crippen LogP contribution in [0.15, 0.2) is 48.5 Å². The van der Waals surface area contributed by atoms with Crippen molar-refractivity contribution in [2.75, 3.05) is 13.2 Å². The van der Waals surface area contributed by atoms with E-state index in [-0.39, 0.29) is 12.6 Å². The summed E-state index contributed by atoms with van der Waals surface area (Å²) in [5.41, 5.74) is 1.68. The van der Waals surface area contributed by atoms with E-state index in [1.54, 1.807) is 24.3 Å². The largest absolute Gasteiger partial charge is 0.482 e. The van der Waals surface area contributed by atoms with Crippen LogP contribution in [-0.4, -0.2) is 35.4 Å². The molecule has 0 bridgehead atoms. The molecule has 5 nitrogen and oxygen atoms in total. The van der Waals surface area contributed by atoms with Gasteiger partial charge in [-0.15, -0.1) is 0 Å². The molecule has 0 aliphatic heterocycles. The predicted molar refractivity (Wildman–Crippen MR) is 97.2 cm³/mol. The lowest BCUT2D eigenvalue weighted by Gasteiger charge is -2.19. The fourth-order valence-electron chi connectivity index (χ4n) is 2.50. The van der Waals surface area contributed by atoms with E-state index in [4.69, 9.17) is 21.4 Å². The standard InChI is InChI=1S/C19H22ClNO4/c1-13(21-11-17(22)14-6-4-7-16(20)10-14)9-15-5-2-3-8-18(15)25-12-19(23)24/h2-8,10,13,17,21-22H,9,11-12H2,1H3,(H,23,24)/t13-,17+/m0/s1. The molecule has 0 unspecified atom stereocenters. The minimum absolute atomic E-state index is 0.0726. The highest BCUT2D eigenvalue weighted by atomic mass is 35.5. The molecule has 0 heterocycles. The van der Waals surface area contributed by atoms with Crippen molar-refractivity contribution < 1.29 is 19.7 Å². The first kappa shape index (κ1) is 19.2. The zero-order valence-electron chi connectivity index (χ0n) is 14.0. The Hall–Kier alpha value is -2.08. The normalized spacial score (nSPS) is 13.2. The molecule has 6 heteroatoms. The number of para-hydroxylation sites is 1. The molecule has 0 saturated carbocycles. The highest BCUT2D eigenvalue weighted by molar-refractivity contribution is 6.30. The molecule has 0 amide bonds. The van der Waals surface area contributed by atoms with Crippen LogP contribution in [0.4, 0.5) is 0 Å². The van der Waals surface area contributed by atoms with Gasteiger partial charge in [-0.25, -0.2) is 4.79 Å². The monoisotopic (exact) mass is 363 g/mol. The second kappa shape index (κ2) is 9.42. The third kappa shape index (κ3) is 6.38. The number of hydrogen-bond acceptors (Lipinski definition) is 4. The van der Waals surface area contributed by atoms with Gasteiger partial charge >= 0.3 is 5.97 Å². The van der Waals surface area contributed by atoms with Crippen LogP contribution in [0.25, 0.3) is 0 Å². The fraction of sp³-hybridized carbons (Fsp3) is 0.316. The van der Waals surface area contributed by atoms with E-state index in [2.05, 4.69) is 5.32 Å². The number of carbonyl (C=O) groups is 1. The number of aliphatic carboxylic acids is 1. The number of carboxylic acids is 1.